The van der Waals surface area contributed by atoms with E-state index in [4.69, 9.17) is 22.1 Å². The van der Waals surface area contributed by atoms with Crippen LogP contribution < -0.4 is 15.8 Å². The number of rotatable bonds is 7. The Hall–Kier alpha value is -0.970. The first-order chi connectivity index (χ1) is 8.59. The molecule has 0 radical (unpaired) electrons. The number of para-hydroxylation sites is 1. The zero-order valence-electron chi connectivity index (χ0n) is 10.9. The van der Waals surface area contributed by atoms with Crippen molar-refractivity contribution in [1.29, 1.82) is 0 Å². The van der Waals surface area contributed by atoms with Crippen LogP contribution in [-0.4, -0.2) is 25.1 Å². The molecule has 4 nitrogen and oxygen atoms in total. The lowest BCUT2D eigenvalue weighted by Crippen LogP contribution is -2.29. The molecule has 1 amide bonds. The van der Waals surface area contributed by atoms with Gasteiger partial charge in [-0.1, -0.05) is 23.7 Å². The molecule has 0 heterocycles. The summed E-state index contributed by atoms with van der Waals surface area (Å²) in [6.45, 7) is 2.82. The number of halogens is 2. The van der Waals surface area contributed by atoms with E-state index in [-0.39, 0.29) is 24.4 Å². The highest BCUT2D eigenvalue weighted by Crippen LogP contribution is 2.22. The molecule has 0 aliphatic rings. The van der Waals surface area contributed by atoms with Crippen molar-refractivity contribution < 1.29 is 9.53 Å². The zero-order chi connectivity index (χ0) is 13.4. The second kappa shape index (κ2) is 9.89. The number of ether oxygens (including phenoxy) is 1. The van der Waals surface area contributed by atoms with Gasteiger partial charge in [-0.3, -0.25) is 4.79 Å². The molecule has 19 heavy (non-hydrogen) atoms. The Kier molecular flexibility index (Phi) is 9.39. The standard InChI is InChI=1S/C13H19ClN2O2.ClH/c1-10(15)6-8-16-13(17)7-9-18-12-5-3-2-4-11(12)14;/h2-5,10H,6-9,15H2,1H3,(H,16,17);1H. The maximum atomic E-state index is 11.4. The molecule has 0 fully saturated rings. The number of nitrogens with one attached hydrogen (secondary N) is 1. The highest BCUT2D eigenvalue weighted by atomic mass is 35.5. The summed E-state index contributed by atoms with van der Waals surface area (Å²) in [6.07, 6.45) is 1.08. The zero-order valence-corrected chi connectivity index (χ0v) is 12.5. The average molecular weight is 307 g/mol. The molecule has 1 unspecified atom stereocenters. The number of hydrogen-bond acceptors (Lipinski definition) is 3. The van der Waals surface area contributed by atoms with Crippen molar-refractivity contribution in [2.75, 3.05) is 13.2 Å². The van der Waals surface area contributed by atoms with E-state index in [0.717, 1.165) is 6.42 Å². The lowest BCUT2D eigenvalue weighted by Gasteiger charge is -2.09. The van der Waals surface area contributed by atoms with Crippen LogP contribution in [0.15, 0.2) is 24.3 Å². The van der Waals surface area contributed by atoms with Crippen LogP contribution in [0.25, 0.3) is 0 Å². The van der Waals surface area contributed by atoms with Crippen molar-refractivity contribution in [2.45, 2.75) is 25.8 Å². The first-order valence-electron chi connectivity index (χ1n) is 5.99. The molecule has 0 aromatic heterocycles. The van der Waals surface area contributed by atoms with Crippen molar-refractivity contribution in [1.82, 2.24) is 5.32 Å². The van der Waals surface area contributed by atoms with E-state index in [2.05, 4.69) is 5.32 Å². The van der Waals surface area contributed by atoms with E-state index < -0.39 is 0 Å². The van der Waals surface area contributed by atoms with Crippen LogP contribution in [0.3, 0.4) is 0 Å². The highest BCUT2D eigenvalue weighted by molar-refractivity contribution is 6.32. The Morgan fingerprint density at radius 2 is 2.16 bits per heavy atom. The van der Waals surface area contributed by atoms with Crippen molar-refractivity contribution in [3.63, 3.8) is 0 Å². The van der Waals surface area contributed by atoms with E-state index in [1.165, 1.54) is 0 Å². The van der Waals surface area contributed by atoms with Crippen molar-refractivity contribution in [3.8, 4) is 5.75 Å². The summed E-state index contributed by atoms with van der Waals surface area (Å²) in [6, 6.07) is 7.29. The van der Waals surface area contributed by atoms with E-state index in [9.17, 15) is 4.79 Å². The topological polar surface area (TPSA) is 64.3 Å². The van der Waals surface area contributed by atoms with Gasteiger partial charge in [0, 0.05) is 12.6 Å². The lowest BCUT2D eigenvalue weighted by molar-refractivity contribution is -0.121. The Balaban J connectivity index is 0.00000324. The fraction of sp³-hybridized carbons (Fsp3) is 0.462. The Bertz CT molecular complexity index is 387. The second-order valence-corrected chi connectivity index (χ2v) is 4.55. The predicted molar refractivity (Wildman–Crippen MR) is 80.1 cm³/mol. The fourth-order valence-electron chi connectivity index (χ4n) is 1.34. The van der Waals surface area contributed by atoms with Crippen LogP contribution in [0.5, 0.6) is 5.75 Å². The highest BCUT2D eigenvalue weighted by Gasteiger charge is 2.04. The van der Waals surface area contributed by atoms with E-state index >= 15 is 0 Å². The molecule has 6 heteroatoms. The summed E-state index contributed by atoms with van der Waals surface area (Å²) in [5, 5.41) is 3.33. The maximum Gasteiger partial charge on any atom is 0.223 e. The number of benzene rings is 1. The average Bonchev–Trinajstić information content (AvgIpc) is 2.31. The van der Waals surface area contributed by atoms with Crippen LogP contribution in [0.2, 0.25) is 5.02 Å². The molecule has 0 saturated carbocycles. The third-order valence-electron chi connectivity index (χ3n) is 2.35. The number of nitrogens with two attached hydrogens (primary N) is 1. The van der Waals surface area contributed by atoms with Gasteiger partial charge in [-0.15, -0.1) is 12.4 Å². The molecular formula is C13H20Cl2N2O2. The van der Waals surface area contributed by atoms with E-state index in [1.807, 2.05) is 19.1 Å². The molecule has 1 aromatic carbocycles. The largest absolute Gasteiger partial charge is 0.491 e. The molecule has 1 atom stereocenters. The molecule has 0 aliphatic heterocycles. The number of carbonyl (C=O) groups excluding carboxylic acids is 1. The predicted octanol–water partition coefficient (Wildman–Crippen LogP) is 2.38. The minimum atomic E-state index is -0.0392. The van der Waals surface area contributed by atoms with E-state index in [0.29, 0.717) is 30.3 Å². The fourth-order valence-corrected chi connectivity index (χ4v) is 1.53. The molecule has 1 rings (SSSR count). The third kappa shape index (κ3) is 7.93. The van der Waals surface area contributed by atoms with Gasteiger partial charge in [0.25, 0.3) is 0 Å². The van der Waals surface area contributed by atoms with Gasteiger partial charge in [0.1, 0.15) is 5.75 Å². The normalized spacial score (nSPS) is 11.3. The van der Waals surface area contributed by atoms with Crippen molar-refractivity contribution >= 4 is 29.9 Å². The molecule has 1 aromatic rings. The monoisotopic (exact) mass is 306 g/mol. The van der Waals surface area contributed by atoms with Gasteiger partial charge in [-0.05, 0) is 25.5 Å². The second-order valence-electron chi connectivity index (χ2n) is 4.14. The molecule has 0 spiro atoms. The summed E-state index contributed by atoms with van der Waals surface area (Å²) in [5.41, 5.74) is 5.58. The molecular weight excluding hydrogens is 287 g/mol. The minimum Gasteiger partial charge on any atom is -0.491 e. The van der Waals surface area contributed by atoms with Crippen LogP contribution in [0, 0.1) is 0 Å². The minimum absolute atomic E-state index is 0. The van der Waals surface area contributed by atoms with Crippen molar-refractivity contribution in [2.24, 2.45) is 5.73 Å². The summed E-state index contributed by atoms with van der Waals surface area (Å²) >= 11 is 5.92. The summed E-state index contributed by atoms with van der Waals surface area (Å²) in [7, 11) is 0. The first-order valence-corrected chi connectivity index (χ1v) is 6.37. The molecule has 0 bridgehead atoms. The lowest BCUT2D eigenvalue weighted by atomic mass is 10.2. The van der Waals surface area contributed by atoms with Crippen LogP contribution in [-0.2, 0) is 4.79 Å². The summed E-state index contributed by atoms with van der Waals surface area (Å²) < 4.78 is 5.42. The third-order valence-corrected chi connectivity index (χ3v) is 2.66. The molecule has 0 aliphatic carbocycles. The Morgan fingerprint density at radius 1 is 1.47 bits per heavy atom. The van der Waals surface area contributed by atoms with Gasteiger partial charge in [-0.2, -0.15) is 0 Å². The molecule has 3 N–H and O–H groups in total. The first kappa shape index (κ1) is 18.0. The van der Waals surface area contributed by atoms with Crippen LogP contribution >= 0.6 is 24.0 Å². The summed E-state index contributed by atoms with van der Waals surface area (Å²) in [5.74, 6) is 0.560. The van der Waals surface area contributed by atoms with Gasteiger partial charge in [0.05, 0.1) is 18.1 Å². The van der Waals surface area contributed by atoms with Crippen LogP contribution in [0.1, 0.15) is 19.8 Å². The number of carbonyl (C=O) groups is 1. The summed E-state index contributed by atoms with van der Waals surface area (Å²) in [4.78, 5) is 11.4. The SMILES string of the molecule is CC(N)CCNC(=O)CCOc1ccccc1Cl.Cl. The molecule has 0 saturated heterocycles. The van der Waals surface area contributed by atoms with Gasteiger partial charge in [-0.25, -0.2) is 0 Å². The van der Waals surface area contributed by atoms with Crippen molar-refractivity contribution in [3.05, 3.63) is 29.3 Å². The Morgan fingerprint density at radius 3 is 2.79 bits per heavy atom. The van der Waals surface area contributed by atoms with Gasteiger partial charge in [0.15, 0.2) is 0 Å². The quantitative estimate of drug-likeness (QED) is 0.813. The number of hydrogen-bond donors (Lipinski definition) is 2. The van der Waals surface area contributed by atoms with Gasteiger partial charge in [0.2, 0.25) is 5.91 Å². The smallest absolute Gasteiger partial charge is 0.223 e. The van der Waals surface area contributed by atoms with Gasteiger partial charge < -0.3 is 15.8 Å². The van der Waals surface area contributed by atoms with Gasteiger partial charge >= 0.3 is 0 Å². The number of amides is 1. The van der Waals surface area contributed by atoms with E-state index in [1.54, 1.807) is 12.1 Å². The maximum absolute atomic E-state index is 11.4. The van der Waals surface area contributed by atoms with Crippen LogP contribution in [0.4, 0.5) is 0 Å². The Labute approximate surface area is 125 Å². The molecule has 108 valence electrons.